The molecule has 1 unspecified atom stereocenters. The van der Waals surface area contributed by atoms with Crippen LogP contribution in [0.4, 0.5) is 0 Å². The Morgan fingerprint density at radius 1 is 2.00 bits per heavy atom. The summed E-state index contributed by atoms with van der Waals surface area (Å²) in [7, 11) is 0. The molecule has 1 heteroatoms. The van der Waals surface area contributed by atoms with Gasteiger partial charge in [-0.2, -0.15) is 0 Å². The number of hydrogen-bond acceptors (Lipinski definition) is 1. The van der Waals surface area contributed by atoms with Gasteiger partial charge in [-0.05, 0) is 6.37 Å². The lowest BCUT2D eigenvalue weighted by molar-refractivity contribution is -0.107. The van der Waals surface area contributed by atoms with E-state index in [-0.39, 0.29) is 13.2 Å². The maximum atomic E-state index is 10.2. The standard InChI is InChI=1S/C6H12O/c1-2-3-4-5-6-7/h6H,2-5H2,1H3/i1D,2D,4D2,5D2. The fourth-order valence-electron chi connectivity index (χ4n) is 0.173. The van der Waals surface area contributed by atoms with Gasteiger partial charge in [-0.1, -0.05) is 19.7 Å². The molecular formula is C6H12O. The maximum Gasteiger partial charge on any atom is 0.119 e. The van der Waals surface area contributed by atoms with Crippen molar-refractivity contribution in [2.75, 3.05) is 0 Å². The van der Waals surface area contributed by atoms with E-state index in [9.17, 15) is 4.79 Å². The molecule has 0 heterocycles. The van der Waals surface area contributed by atoms with Gasteiger partial charge in [0.25, 0.3) is 0 Å². The van der Waals surface area contributed by atoms with Gasteiger partial charge in [-0.25, -0.2) is 0 Å². The molecule has 0 aliphatic heterocycles. The number of aldehydes is 1. The van der Waals surface area contributed by atoms with Gasteiger partial charge >= 0.3 is 0 Å². The van der Waals surface area contributed by atoms with Crippen LogP contribution < -0.4 is 0 Å². The Labute approximate surface area is 53.2 Å². The van der Waals surface area contributed by atoms with E-state index < -0.39 is 25.6 Å². The van der Waals surface area contributed by atoms with Crippen LogP contribution in [0.25, 0.3) is 0 Å². The lowest BCUT2D eigenvalue weighted by Gasteiger charge is -1.85. The predicted octanol–water partition coefficient (Wildman–Crippen LogP) is 1.77. The van der Waals surface area contributed by atoms with Gasteiger partial charge in [0.05, 0.1) is 0 Å². The Morgan fingerprint density at radius 2 is 2.86 bits per heavy atom. The summed E-state index contributed by atoms with van der Waals surface area (Å²) in [6, 6.07) is 0. The molecule has 0 fully saturated rings. The van der Waals surface area contributed by atoms with Gasteiger partial charge in [-0.3, -0.25) is 0 Å². The highest BCUT2D eigenvalue weighted by Crippen LogP contribution is 1.94. The molecule has 0 bridgehead atoms. The van der Waals surface area contributed by atoms with Crippen molar-refractivity contribution in [2.45, 2.75) is 32.5 Å². The second-order valence-corrected chi connectivity index (χ2v) is 0.932. The Bertz CT molecular complexity index is 180. The van der Waals surface area contributed by atoms with E-state index in [4.69, 9.17) is 8.22 Å². The summed E-state index contributed by atoms with van der Waals surface area (Å²) in [5.74, 6) is 0. The van der Waals surface area contributed by atoms with Crippen molar-refractivity contribution < 1.29 is 13.0 Å². The molecule has 1 nitrogen and oxygen atoms in total. The first-order chi connectivity index (χ1) is 5.77. The van der Waals surface area contributed by atoms with Crippen molar-refractivity contribution in [1.29, 1.82) is 0 Å². The van der Waals surface area contributed by atoms with Crippen LogP contribution in [0.5, 0.6) is 0 Å². The summed E-state index contributed by atoms with van der Waals surface area (Å²) in [6.07, 6.45) is -6.49. The first-order valence-electron chi connectivity index (χ1n) is 5.23. The van der Waals surface area contributed by atoms with Gasteiger partial charge in [-0.15, -0.1) is 0 Å². The quantitative estimate of drug-likeness (QED) is 0.499. The zero-order valence-corrected chi connectivity index (χ0v) is 3.98. The van der Waals surface area contributed by atoms with E-state index in [0.29, 0.717) is 0 Å². The molecule has 7 heavy (non-hydrogen) atoms. The highest BCUT2D eigenvalue weighted by molar-refractivity contribution is 5.48. The minimum atomic E-state index is -2.58. The Hall–Kier alpha value is -0.330. The van der Waals surface area contributed by atoms with Gasteiger partial charge in [0.2, 0.25) is 0 Å². The molecule has 0 N–H and O–H groups in total. The van der Waals surface area contributed by atoms with E-state index in [2.05, 4.69) is 0 Å². The smallest absolute Gasteiger partial charge is 0.119 e. The number of hydrogen-bond donors (Lipinski definition) is 0. The zero-order valence-electron chi connectivity index (χ0n) is 9.98. The van der Waals surface area contributed by atoms with Crippen LogP contribution in [0.2, 0.25) is 0 Å². The second kappa shape index (κ2) is 5.67. The van der Waals surface area contributed by atoms with Crippen LogP contribution in [0.1, 0.15) is 40.7 Å². The molecule has 0 saturated heterocycles. The third-order valence-electron chi connectivity index (χ3n) is 0.407. The Balaban J connectivity index is 4.47. The average molecular weight is 106 g/mol. The molecule has 0 rings (SSSR count). The van der Waals surface area contributed by atoms with Crippen LogP contribution in [0.15, 0.2) is 0 Å². The topological polar surface area (TPSA) is 17.1 Å². The summed E-state index contributed by atoms with van der Waals surface area (Å²) >= 11 is 0. The van der Waals surface area contributed by atoms with Crippen molar-refractivity contribution in [2.24, 2.45) is 0 Å². The molecule has 0 spiro atoms. The summed E-state index contributed by atoms with van der Waals surface area (Å²) in [6.45, 7) is -0.297. The normalized spacial score (nSPS) is 29.7. The number of rotatable bonds is 4. The maximum absolute atomic E-state index is 10.2. The molecule has 0 amide bonds. The van der Waals surface area contributed by atoms with Crippen LogP contribution in [-0.4, -0.2) is 6.29 Å². The second-order valence-electron chi connectivity index (χ2n) is 0.932. The van der Waals surface area contributed by atoms with Crippen molar-refractivity contribution >= 4 is 6.29 Å². The first-order valence-corrected chi connectivity index (χ1v) is 1.94. The lowest BCUT2D eigenvalue weighted by Crippen LogP contribution is -1.73. The number of carbonyl (C=O) groups excluding carboxylic acids is 1. The SMILES string of the molecule is [2H]CC([2H])CC([2H])([2H])C([2H])([2H])C=O. The summed E-state index contributed by atoms with van der Waals surface area (Å²) in [4.78, 5) is 10.2. The molecule has 0 aromatic rings. The van der Waals surface area contributed by atoms with Crippen molar-refractivity contribution in [3.8, 4) is 0 Å². The lowest BCUT2D eigenvalue weighted by atomic mass is 10.2. The predicted molar refractivity (Wildman–Crippen MR) is 30.2 cm³/mol. The van der Waals surface area contributed by atoms with E-state index in [1.54, 1.807) is 0 Å². The monoisotopic (exact) mass is 106 g/mol. The molecule has 0 aromatic carbocycles. The molecule has 0 saturated carbocycles. The highest BCUT2D eigenvalue weighted by atomic mass is 16.1. The Kier molecular flexibility index (Phi) is 1.28. The van der Waals surface area contributed by atoms with Gasteiger partial charge in [0.15, 0.2) is 0 Å². The fourth-order valence-corrected chi connectivity index (χ4v) is 0.173. The highest BCUT2D eigenvalue weighted by Gasteiger charge is 1.80. The van der Waals surface area contributed by atoms with Crippen LogP contribution in [0, 0.1) is 0 Å². The van der Waals surface area contributed by atoms with Crippen LogP contribution in [-0.2, 0) is 4.79 Å². The van der Waals surface area contributed by atoms with E-state index in [0.717, 1.165) is 0 Å². The molecule has 1 atom stereocenters. The van der Waals surface area contributed by atoms with E-state index >= 15 is 0 Å². The number of carbonyl (C=O) groups is 1. The van der Waals surface area contributed by atoms with Gasteiger partial charge < -0.3 is 4.79 Å². The molecule has 0 aromatic heterocycles. The van der Waals surface area contributed by atoms with E-state index in [1.165, 1.54) is 0 Å². The Morgan fingerprint density at radius 3 is 3.43 bits per heavy atom. The van der Waals surface area contributed by atoms with Crippen molar-refractivity contribution in [3.63, 3.8) is 0 Å². The summed E-state index contributed by atoms with van der Waals surface area (Å²) in [5, 5.41) is 0. The first kappa shape index (κ1) is 1.57. The van der Waals surface area contributed by atoms with Crippen LogP contribution in [0.3, 0.4) is 0 Å². The van der Waals surface area contributed by atoms with Gasteiger partial charge in [0, 0.05) is 14.6 Å². The minimum absolute atomic E-state index is 0.0936. The molecule has 42 valence electrons. The van der Waals surface area contributed by atoms with Crippen molar-refractivity contribution in [3.05, 3.63) is 0 Å². The average Bonchev–Trinajstić information content (AvgIpc) is 2.03. The molecule has 0 aliphatic rings. The zero-order chi connectivity index (χ0) is 10.7. The third-order valence-corrected chi connectivity index (χ3v) is 0.407. The largest absolute Gasteiger partial charge is 0.303 e. The molecule has 0 aliphatic carbocycles. The fraction of sp³-hybridized carbons (Fsp3) is 0.833. The molecular weight excluding hydrogens is 88.1 g/mol. The third kappa shape index (κ3) is 5.67. The summed E-state index contributed by atoms with van der Waals surface area (Å²) < 4.78 is 42.4. The van der Waals surface area contributed by atoms with E-state index in [1.807, 2.05) is 0 Å². The molecule has 0 radical (unpaired) electrons. The van der Waals surface area contributed by atoms with Crippen molar-refractivity contribution in [1.82, 2.24) is 0 Å². The van der Waals surface area contributed by atoms with Crippen LogP contribution >= 0.6 is 0 Å². The summed E-state index contributed by atoms with van der Waals surface area (Å²) in [5.41, 5.74) is 0. The van der Waals surface area contributed by atoms with Gasteiger partial charge in [0.1, 0.15) is 6.29 Å². The minimum Gasteiger partial charge on any atom is -0.303 e.